The van der Waals surface area contributed by atoms with Gasteiger partial charge < -0.3 is 5.11 Å². The number of nitrogens with zero attached hydrogens (tertiary/aromatic N) is 1. The number of carboxylic acids is 1. The monoisotopic (exact) mass is 237 g/mol. The van der Waals surface area contributed by atoms with Gasteiger partial charge in [0.05, 0.1) is 5.92 Å². The molecule has 0 radical (unpaired) electrons. The molecule has 0 aromatic rings. The van der Waals surface area contributed by atoms with Gasteiger partial charge in [-0.05, 0) is 44.9 Å². The van der Waals surface area contributed by atoms with Gasteiger partial charge in [-0.3, -0.25) is 9.69 Å². The van der Waals surface area contributed by atoms with Crippen molar-refractivity contribution in [3.63, 3.8) is 0 Å². The van der Waals surface area contributed by atoms with Crippen molar-refractivity contribution in [3.8, 4) is 0 Å². The Morgan fingerprint density at radius 2 is 1.94 bits per heavy atom. The summed E-state index contributed by atoms with van der Waals surface area (Å²) in [5.41, 5.74) is 0. The summed E-state index contributed by atoms with van der Waals surface area (Å²) in [6, 6.07) is 1.52. The summed E-state index contributed by atoms with van der Waals surface area (Å²) in [6.45, 7) is 2.34. The van der Waals surface area contributed by atoms with Crippen molar-refractivity contribution >= 4 is 5.97 Å². The lowest BCUT2D eigenvalue weighted by Gasteiger charge is -2.33. The second-order valence-electron chi connectivity index (χ2n) is 6.21. The summed E-state index contributed by atoms with van der Waals surface area (Å²) in [5.74, 6) is 0.170. The molecule has 1 saturated carbocycles. The van der Waals surface area contributed by atoms with Crippen LogP contribution in [0.5, 0.6) is 0 Å². The largest absolute Gasteiger partial charge is 0.481 e. The number of hydrogen-bond acceptors (Lipinski definition) is 2. The van der Waals surface area contributed by atoms with Gasteiger partial charge in [-0.25, -0.2) is 0 Å². The van der Waals surface area contributed by atoms with E-state index in [9.17, 15) is 9.90 Å². The van der Waals surface area contributed by atoms with Crippen molar-refractivity contribution in [3.05, 3.63) is 0 Å². The number of aliphatic carboxylic acids is 1. The van der Waals surface area contributed by atoms with E-state index in [1.807, 2.05) is 0 Å². The number of rotatable bonds is 3. The third-order valence-corrected chi connectivity index (χ3v) is 5.46. The van der Waals surface area contributed by atoms with E-state index in [0.717, 1.165) is 18.8 Å². The van der Waals surface area contributed by atoms with Gasteiger partial charge in [0.15, 0.2) is 0 Å². The number of hydrogen-bond donors (Lipinski definition) is 1. The lowest BCUT2D eigenvalue weighted by molar-refractivity contribution is -0.142. The van der Waals surface area contributed by atoms with Crippen LogP contribution in [-0.2, 0) is 4.79 Å². The fourth-order valence-electron chi connectivity index (χ4n) is 4.61. The fraction of sp³-hybridized carbons (Fsp3) is 0.929. The van der Waals surface area contributed by atoms with Crippen LogP contribution in [-0.4, -0.2) is 34.1 Å². The zero-order chi connectivity index (χ0) is 12.0. The molecule has 3 heteroatoms. The molecule has 1 N–H and O–H groups in total. The van der Waals surface area contributed by atoms with Crippen LogP contribution in [0, 0.1) is 11.8 Å². The molecule has 0 aromatic carbocycles. The van der Waals surface area contributed by atoms with Crippen molar-refractivity contribution in [2.45, 2.75) is 70.0 Å². The second-order valence-corrected chi connectivity index (χ2v) is 6.21. The second kappa shape index (κ2) is 4.27. The molecule has 1 aliphatic carbocycles. The Labute approximate surface area is 103 Å². The maximum atomic E-state index is 11.3. The van der Waals surface area contributed by atoms with E-state index in [1.165, 1.54) is 32.1 Å². The van der Waals surface area contributed by atoms with Crippen LogP contribution in [0.2, 0.25) is 0 Å². The molecule has 2 aliphatic heterocycles. The minimum Gasteiger partial charge on any atom is -0.481 e. The third-order valence-electron chi connectivity index (χ3n) is 5.46. The molecule has 0 spiro atoms. The van der Waals surface area contributed by atoms with Gasteiger partial charge in [0.25, 0.3) is 0 Å². The lowest BCUT2D eigenvalue weighted by atomic mass is 9.89. The van der Waals surface area contributed by atoms with Crippen molar-refractivity contribution in [2.24, 2.45) is 11.8 Å². The summed E-state index contributed by atoms with van der Waals surface area (Å²) in [4.78, 5) is 13.8. The van der Waals surface area contributed by atoms with E-state index < -0.39 is 5.97 Å². The first-order valence-electron chi connectivity index (χ1n) is 7.18. The molecule has 0 aromatic heterocycles. The highest BCUT2D eigenvalue weighted by atomic mass is 16.4. The first-order chi connectivity index (χ1) is 8.18. The SMILES string of the molecule is CC(C1CCCC1)N1C2CCC1C(C(=O)O)C2. The summed E-state index contributed by atoms with van der Waals surface area (Å²) in [6.07, 6.45) is 8.70. The predicted molar refractivity (Wildman–Crippen MR) is 65.8 cm³/mol. The van der Waals surface area contributed by atoms with E-state index in [1.54, 1.807) is 0 Å². The first-order valence-corrected chi connectivity index (χ1v) is 7.18. The molecule has 4 unspecified atom stereocenters. The zero-order valence-corrected chi connectivity index (χ0v) is 10.6. The molecule has 3 rings (SSSR count). The Bertz CT molecular complexity index is 311. The Kier molecular flexibility index (Phi) is 2.89. The lowest BCUT2D eigenvalue weighted by Crippen LogP contribution is -2.42. The molecular formula is C14H23NO2. The predicted octanol–water partition coefficient (Wildman–Crippen LogP) is 2.50. The topological polar surface area (TPSA) is 40.5 Å². The molecule has 4 atom stereocenters. The Balaban J connectivity index is 1.73. The third kappa shape index (κ3) is 1.79. The molecule has 96 valence electrons. The molecule has 0 amide bonds. The summed E-state index contributed by atoms with van der Waals surface area (Å²) in [5, 5.41) is 9.27. The molecule has 2 heterocycles. The van der Waals surface area contributed by atoms with E-state index in [0.29, 0.717) is 18.1 Å². The first kappa shape index (κ1) is 11.5. The molecule has 2 bridgehead atoms. The Morgan fingerprint density at radius 1 is 1.24 bits per heavy atom. The molecule has 3 aliphatic rings. The van der Waals surface area contributed by atoms with Crippen LogP contribution >= 0.6 is 0 Å². The Hall–Kier alpha value is -0.570. The summed E-state index contributed by atoms with van der Waals surface area (Å²) < 4.78 is 0. The standard InChI is InChI=1S/C14H23NO2/c1-9(10-4-2-3-5-10)15-11-6-7-13(15)12(8-11)14(16)17/h9-13H,2-8H2,1H3,(H,16,17). The summed E-state index contributed by atoms with van der Waals surface area (Å²) in [7, 11) is 0. The van der Waals surface area contributed by atoms with E-state index in [4.69, 9.17) is 0 Å². The number of carbonyl (C=O) groups is 1. The van der Waals surface area contributed by atoms with Gasteiger partial charge in [0.1, 0.15) is 0 Å². The smallest absolute Gasteiger partial charge is 0.308 e. The van der Waals surface area contributed by atoms with Crippen LogP contribution in [0.15, 0.2) is 0 Å². The molecule has 17 heavy (non-hydrogen) atoms. The van der Waals surface area contributed by atoms with Gasteiger partial charge in [0, 0.05) is 18.1 Å². The zero-order valence-electron chi connectivity index (χ0n) is 10.6. The maximum Gasteiger partial charge on any atom is 0.308 e. The minimum atomic E-state index is -0.569. The van der Waals surface area contributed by atoms with Crippen LogP contribution in [0.1, 0.15) is 51.9 Å². The van der Waals surface area contributed by atoms with Gasteiger partial charge in [-0.1, -0.05) is 12.8 Å². The Morgan fingerprint density at radius 3 is 2.53 bits per heavy atom. The number of fused-ring (bicyclic) bond motifs is 2. The molecule has 2 saturated heterocycles. The van der Waals surface area contributed by atoms with Crippen LogP contribution in [0.25, 0.3) is 0 Å². The molecular weight excluding hydrogens is 214 g/mol. The average Bonchev–Trinajstić information content (AvgIpc) is 3.03. The van der Waals surface area contributed by atoms with Gasteiger partial charge in [0.2, 0.25) is 0 Å². The highest BCUT2D eigenvalue weighted by Gasteiger charge is 2.51. The van der Waals surface area contributed by atoms with Crippen molar-refractivity contribution < 1.29 is 9.90 Å². The van der Waals surface area contributed by atoms with E-state index in [-0.39, 0.29) is 5.92 Å². The fourth-order valence-corrected chi connectivity index (χ4v) is 4.61. The molecule has 3 nitrogen and oxygen atoms in total. The van der Waals surface area contributed by atoms with E-state index >= 15 is 0 Å². The molecule has 3 fully saturated rings. The highest BCUT2D eigenvalue weighted by Crippen LogP contribution is 2.45. The number of carboxylic acid groups (broad SMARTS) is 1. The maximum absolute atomic E-state index is 11.3. The van der Waals surface area contributed by atoms with Crippen LogP contribution in [0.4, 0.5) is 0 Å². The van der Waals surface area contributed by atoms with Crippen LogP contribution < -0.4 is 0 Å². The average molecular weight is 237 g/mol. The quantitative estimate of drug-likeness (QED) is 0.820. The van der Waals surface area contributed by atoms with Crippen molar-refractivity contribution in [2.75, 3.05) is 0 Å². The summed E-state index contributed by atoms with van der Waals surface area (Å²) >= 11 is 0. The van der Waals surface area contributed by atoms with Crippen molar-refractivity contribution in [1.82, 2.24) is 4.90 Å². The van der Waals surface area contributed by atoms with Gasteiger partial charge >= 0.3 is 5.97 Å². The van der Waals surface area contributed by atoms with Gasteiger partial charge in [-0.15, -0.1) is 0 Å². The normalized spacial score (nSPS) is 39.9. The minimum absolute atomic E-state index is 0.0856. The highest BCUT2D eigenvalue weighted by molar-refractivity contribution is 5.71. The van der Waals surface area contributed by atoms with Crippen molar-refractivity contribution in [1.29, 1.82) is 0 Å². The van der Waals surface area contributed by atoms with Gasteiger partial charge in [-0.2, -0.15) is 0 Å². The van der Waals surface area contributed by atoms with E-state index in [2.05, 4.69) is 11.8 Å². The van der Waals surface area contributed by atoms with Crippen LogP contribution in [0.3, 0.4) is 0 Å².